The van der Waals surface area contributed by atoms with Gasteiger partial charge >= 0.3 is 0 Å². The van der Waals surface area contributed by atoms with Crippen molar-refractivity contribution in [3.63, 3.8) is 0 Å². The van der Waals surface area contributed by atoms with Crippen molar-refractivity contribution in [3.05, 3.63) is 39.8 Å². The second-order valence-electron chi connectivity index (χ2n) is 4.81. The molecule has 7 heteroatoms. The van der Waals surface area contributed by atoms with Gasteiger partial charge in [0.1, 0.15) is 0 Å². The number of non-ortho nitro benzene ring substituents is 1. The zero-order valence-corrected chi connectivity index (χ0v) is 11.7. The third kappa shape index (κ3) is 3.23. The van der Waals surface area contributed by atoms with Gasteiger partial charge in [-0.05, 0) is 18.9 Å². The monoisotopic (exact) mass is 286 g/mol. The first-order valence-corrected chi connectivity index (χ1v) is 6.49. The van der Waals surface area contributed by atoms with E-state index in [1.165, 1.54) is 12.1 Å². The maximum absolute atomic E-state index is 10.8. The minimum atomic E-state index is -0.459. The van der Waals surface area contributed by atoms with Crippen LogP contribution in [0, 0.1) is 28.4 Å². The summed E-state index contributed by atoms with van der Waals surface area (Å²) in [6, 6.07) is 6.60. The minimum Gasteiger partial charge on any atom is -0.339 e. The molecule has 0 radical (unpaired) electrons. The molecule has 0 amide bonds. The number of nitriles is 1. The zero-order valence-electron chi connectivity index (χ0n) is 11.7. The van der Waals surface area contributed by atoms with Gasteiger partial charge in [-0.2, -0.15) is 10.2 Å². The Hall–Kier alpha value is -2.75. The molecule has 1 aromatic heterocycles. The molecule has 0 fully saturated rings. The van der Waals surface area contributed by atoms with Crippen molar-refractivity contribution in [2.45, 2.75) is 32.6 Å². The molecule has 0 aliphatic rings. The summed E-state index contributed by atoms with van der Waals surface area (Å²) in [5.74, 6) is 0.742. The number of nitro groups is 1. The highest BCUT2D eigenvalue weighted by Crippen LogP contribution is 2.27. The van der Waals surface area contributed by atoms with E-state index in [0.717, 1.165) is 5.56 Å². The van der Waals surface area contributed by atoms with Gasteiger partial charge in [0.25, 0.3) is 5.69 Å². The van der Waals surface area contributed by atoms with Gasteiger partial charge in [-0.15, -0.1) is 0 Å². The standard InChI is InChI=1S/C14H14N4O3/c1-9-5-6-11(18(19)20)8-12(9)13-16-14(21-17-13)10(2)4-3-7-15/h5-6,8,10H,3-4H2,1-2H3. The molecule has 0 saturated heterocycles. The van der Waals surface area contributed by atoms with Crippen LogP contribution in [-0.4, -0.2) is 15.1 Å². The lowest BCUT2D eigenvalue weighted by Crippen LogP contribution is -1.94. The van der Waals surface area contributed by atoms with Crippen LogP contribution >= 0.6 is 0 Å². The van der Waals surface area contributed by atoms with Crippen LogP contribution in [0.4, 0.5) is 5.69 Å². The third-order valence-corrected chi connectivity index (χ3v) is 3.23. The molecule has 21 heavy (non-hydrogen) atoms. The number of nitrogens with zero attached hydrogens (tertiary/aromatic N) is 4. The first-order chi connectivity index (χ1) is 10.0. The molecule has 2 aromatic rings. The maximum atomic E-state index is 10.8. The molecule has 2 rings (SSSR count). The fourth-order valence-electron chi connectivity index (χ4n) is 1.91. The average molecular weight is 286 g/mol. The van der Waals surface area contributed by atoms with Crippen molar-refractivity contribution < 1.29 is 9.45 Å². The first kappa shape index (κ1) is 14.7. The van der Waals surface area contributed by atoms with Crippen molar-refractivity contribution >= 4 is 5.69 Å². The van der Waals surface area contributed by atoms with Crippen LogP contribution in [0.25, 0.3) is 11.4 Å². The van der Waals surface area contributed by atoms with Gasteiger partial charge in [0.2, 0.25) is 11.7 Å². The lowest BCUT2D eigenvalue weighted by molar-refractivity contribution is -0.384. The fraction of sp³-hybridized carbons (Fsp3) is 0.357. The van der Waals surface area contributed by atoms with Gasteiger partial charge in [0.15, 0.2) is 0 Å². The number of nitro benzene ring substituents is 1. The summed E-state index contributed by atoms with van der Waals surface area (Å²) in [6.07, 6.45) is 1.04. The number of hydrogen-bond acceptors (Lipinski definition) is 6. The number of rotatable bonds is 5. The summed E-state index contributed by atoms with van der Waals surface area (Å²) in [4.78, 5) is 14.7. The Morgan fingerprint density at radius 1 is 1.52 bits per heavy atom. The topological polar surface area (TPSA) is 106 Å². The summed E-state index contributed by atoms with van der Waals surface area (Å²) < 4.78 is 5.19. The largest absolute Gasteiger partial charge is 0.339 e. The Labute approximate surface area is 121 Å². The summed E-state index contributed by atoms with van der Waals surface area (Å²) in [6.45, 7) is 3.73. The molecular formula is C14H14N4O3. The lowest BCUT2D eigenvalue weighted by Gasteiger charge is -2.02. The Kier molecular flexibility index (Phi) is 4.28. The molecule has 0 aliphatic heterocycles. The average Bonchev–Trinajstić information content (AvgIpc) is 2.94. The second-order valence-corrected chi connectivity index (χ2v) is 4.81. The summed E-state index contributed by atoms with van der Waals surface area (Å²) in [5, 5.41) is 23.3. The Balaban J connectivity index is 2.31. The number of aromatic nitrogens is 2. The lowest BCUT2D eigenvalue weighted by atomic mass is 10.1. The Bertz CT molecular complexity index is 702. The summed E-state index contributed by atoms with van der Waals surface area (Å²) in [7, 11) is 0. The Morgan fingerprint density at radius 3 is 2.95 bits per heavy atom. The minimum absolute atomic E-state index is 0.0144. The smallest absolute Gasteiger partial charge is 0.270 e. The number of aryl methyl sites for hydroxylation is 1. The van der Waals surface area contributed by atoms with Crippen LogP contribution in [-0.2, 0) is 0 Å². The molecule has 0 N–H and O–H groups in total. The molecule has 0 spiro atoms. The number of benzene rings is 1. The molecule has 7 nitrogen and oxygen atoms in total. The highest BCUT2D eigenvalue weighted by atomic mass is 16.6. The Morgan fingerprint density at radius 2 is 2.29 bits per heavy atom. The van der Waals surface area contributed by atoms with Crippen LogP contribution in [0.3, 0.4) is 0 Å². The van der Waals surface area contributed by atoms with Crippen LogP contribution in [0.15, 0.2) is 22.7 Å². The predicted molar refractivity (Wildman–Crippen MR) is 74.4 cm³/mol. The van der Waals surface area contributed by atoms with Gasteiger partial charge in [-0.3, -0.25) is 10.1 Å². The van der Waals surface area contributed by atoms with E-state index in [1.54, 1.807) is 6.07 Å². The molecule has 1 heterocycles. The van der Waals surface area contributed by atoms with E-state index in [4.69, 9.17) is 9.78 Å². The molecule has 1 aromatic carbocycles. The molecular weight excluding hydrogens is 272 g/mol. The van der Waals surface area contributed by atoms with E-state index >= 15 is 0 Å². The summed E-state index contributed by atoms with van der Waals surface area (Å²) >= 11 is 0. The second kappa shape index (κ2) is 6.13. The van der Waals surface area contributed by atoms with Gasteiger partial charge < -0.3 is 4.52 Å². The van der Waals surface area contributed by atoms with Crippen LogP contribution in [0.5, 0.6) is 0 Å². The summed E-state index contributed by atoms with van der Waals surface area (Å²) in [5.41, 5.74) is 1.39. The van der Waals surface area contributed by atoms with Crippen molar-refractivity contribution in [1.29, 1.82) is 5.26 Å². The van der Waals surface area contributed by atoms with Gasteiger partial charge in [0, 0.05) is 30.0 Å². The molecule has 0 aliphatic carbocycles. The van der Waals surface area contributed by atoms with Crippen molar-refractivity contribution in [1.82, 2.24) is 10.1 Å². The zero-order chi connectivity index (χ0) is 15.4. The van der Waals surface area contributed by atoms with Crippen molar-refractivity contribution in [3.8, 4) is 17.5 Å². The highest BCUT2D eigenvalue weighted by molar-refractivity contribution is 5.63. The van der Waals surface area contributed by atoms with Crippen LogP contribution in [0.2, 0.25) is 0 Å². The fourth-order valence-corrected chi connectivity index (χ4v) is 1.91. The van der Waals surface area contributed by atoms with Crippen LogP contribution in [0.1, 0.15) is 37.1 Å². The highest BCUT2D eigenvalue weighted by Gasteiger charge is 2.18. The van der Waals surface area contributed by atoms with Gasteiger partial charge in [-0.1, -0.05) is 18.1 Å². The van der Waals surface area contributed by atoms with Gasteiger partial charge in [0.05, 0.1) is 11.0 Å². The van der Waals surface area contributed by atoms with E-state index in [1.807, 2.05) is 13.8 Å². The van der Waals surface area contributed by atoms with E-state index in [0.29, 0.717) is 30.1 Å². The first-order valence-electron chi connectivity index (χ1n) is 6.49. The molecule has 1 atom stereocenters. The predicted octanol–water partition coefficient (Wildman–Crippen LogP) is 3.36. The van der Waals surface area contributed by atoms with E-state index < -0.39 is 4.92 Å². The quantitative estimate of drug-likeness (QED) is 0.616. The molecule has 1 unspecified atom stereocenters. The van der Waals surface area contributed by atoms with Crippen LogP contribution < -0.4 is 0 Å². The van der Waals surface area contributed by atoms with Gasteiger partial charge in [-0.25, -0.2) is 0 Å². The van der Waals surface area contributed by atoms with E-state index in [9.17, 15) is 10.1 Å². The normalized spacial score (nSPS) is 11.9. The van der Waals surface area contributed by atoms with Crippen molar-refractivity contribution in [2.24, 2.45) is 0 Å². The van der Waals surface area contributed by atoms with E-state index in [-0.39, 0.29) is 11.6 Å². The molecule has 108 valence electrons. The van der Waals surface area contributed by atoms with Crippen molar-refractivity contribution in [2.75, 3.05) is 0 Å². The molecule has 0 bridgehead atoms. The third-order valence-electron chi connectivity index (χ3n) is 3.23. The number of hydrogen-bond donors (Lipinski definition) is 0. The maximum Gasteiger partial charge on any atom is 0.270 e. The van der Waals surface area contributed by atoms with E-state index in [2.05, 4.69) is 16.2 Å². The SMILES string of the molecule is Cc1ccc([N+](=O)[O-])cc1-c1noc(C(C)CCC#N)n1. The molecule has 0 saturated carbocycles.